The average molecular weight is 233 g/mol. The van der Waals surface area contributed by atoms with Crippen molar-refractivity contribution in [2.45, 2.75) is 6.54 Å². The minimum absolute atomic E-state index is 0.771. The van der Waals surface area contributed by atoms with E-state index >= 15 is 0 Å². The van der Waals surface area contributed by atoms with E-state index in [4.69, 9.17) is 11.6 Å². The number of hydrogen-bond donors (Lipinski definition) is 1. The van der Waals surface area contributed by atoms with Gasteiger partial charge in [-0.15, -0.1) is 0 Å². The summed E-state index contributed by atoms with van der Waals surface area (Å²) in [4.78, 5) is 4.40. The molecule has 0 fully saturated rings. The first kappa shape index (κ1) is 11.1. The monoisotopic (exact) mass is 232 g/mol. The maximum atomic E-state index is 5.45. The molecule has 0 aliphatic carbocycles. The number of benzene rings is 1. The molecular formula is C13H13ClN2. The van der Waals surface area contributed by atoms with Crippen molar-refractivity contribution in [3.8, 4) is 0 Å². The molecule has 2 aromatic rings. The molecule has 0 aliphatic rings. The van der Waals surface area contributed by atoms with Gasteiger partial charge in [0, 0.05) is 30.2 Å². The summed E-state index contributed by atoms with van der Waals surface area (Å²) < 4.78 is 0. The molecule has 0 amide bonds. The SMILES string of the molecule is Cl/C=C/CNCc1cccc2cccnc12. The van der Waals surface area contributed by atoms with Gasteiger partial charge in [-0.2, -0.15) is 0 Å². The van der Waals surface area contributed by atoms with Gasteiger partial charge in [-0.25, -0.2) is 0 Å². The quantitative estimate of drug-likeness (QED) is 0.820. The fourth-order valence-corrected chi connectivity index (χ4v) is 1.73. The number of pyridine rings is 1. The van der Waals surface area contributed by atoms with Crippen LogP contribution in [0.15, 0.2) is 48.1 Å². The minimum atomic E-state index is 0.771. The van der Waals surface area contributed by atoms with Crippen LogP contribution in [-0.2, 0) is 6.54 Å². The molecule has 82 valence electrons. The summed E-state index contributed by atoms with van der Waals surface area (Å²) in [6.45, 7) is 1.57. The van der Waals surface area contributed by atoms with E-state index in [0.29, 0.717) is 0 Å². The van der Waals surface area contributed by atoms with Crippen molar-refractivity contribution in [1.29, 1.82) is 0 Å². The zero-order valence-corrected chi connectivity index (χ0v) is 9.61. The Morgan fingerprint density at radius 1 is 1.25 bits per heavy atom. The topological polar surface area (TPSA) is 24.9 Å². The van der Waals surface area contributed by atoms with Crippen LogP contribution in [-0.4, -0.2) is 11.5 Å². The number of nitrogens with one attached hydrogen (secondary N) is 1. The van der Waals surface area contributed by atoms with Crippen molar-refractivity contribution in [1.82, 2.24) is 10.3 Å². The number of rotatable bonds is 4. The first-order chi connectivity index (χ1) is 7.92. The summed E-state index contributed by atoms with van der Waals surface area (Å²) in [7, 11) is 0. The Labute approximate surface area is 100.0 Å². The Hall–Kier alpha value is -1.38. The van der Waals surface area contributed by atoms with E-state index in [-0.39, 0.29) is 0 Å². The smallest absolute Gasteiger partial charge is 0.0746 e. The van der Waals surface area contributed by atoms with Crippen molar-refractivity contribution < 1.29 is 0 Å². The normalized spacial score (nSPS) is 11.3. The maximum Gasteiger partial charge on any atom is 0.0746 e. The van der Waals surface area contributed by atoms with Crippen molar-refractivity contribution in [2.24, 2.45) is 0 Å². The molecule has 2 rings (SSSR count). The zero-order valence-electron chi connectivity index (χ0n) is 8.86. The molecule has 0 bridgehead atoms. The standard InChI is InChI=1S/C13H13ClN2/c14-7-3-8-15-10-12-5-1-4-11-6-2-9-16-13(11)12/h1-7,9,15H,8,10H2/b7-3+. The van der Waals surface area contributed by atoms with E-state index in [1.807, 2.05) is 18.3 Å². The number of fused-ring (bicyclic) bond motifs is 1. The average Bonchev–Trinajstić information content (AvgIpc) is 2.35. The van der Waals surface area contributed by atoms with Gasteiger partial charge in [-0.1, -0.05) is 41.9 Å². The second kappa shape index (κ2) is 5.64. The van der Waals surface area contributed by atoms with E-state index in [9.17, 15) is 0 Å². The molecular weight excluding hydrogens is 220 g/mol. The second-order valence-electron chi connectivity index (χ2n) is 3.48. The first-order valence-electron chi connectivity index (χ1n) is 5.20. The lowest BCUT2D eigenvalue weighted by atomic mass is 10.1. The molecule has 3 heteroatoms. The maximum absolute atomic E-state index is 5.45. The Morgan fingerprint density at radius 2 is 2.12 bits per heavy atom. The number of halogens is 1. The Balaban J connectivity index is 2.17. The van der Waals surface area contributed by atoms with Crippen LogP contribution in [0.4, 0.5) is 0 Å². The predicted octanol–water partition coefficient (Wildman–Crippen LogP) is 3.08. The molecule has 0 radical (unpaired) electrons. The minimum Gasteiger partial charge on any atom is -0.309 e. The number of aromatic nitrogens is 1. The third-order valence-corrected chi connectivity index (χ3v) is 2.56. The lowest BCUT2D eigenvalue weighted by Gasteiger charge is -2.05. The molecule has 1 aromatic carbocycles. The van der Waals surface area contributed by atoms with Gasteiger partial charge in [0.25, 0.3) is 0 Å². The molecule has 1 N–H and O–H groups in total. The highest BCUT2D eigenvalue weighted by Gasteiger charge is 1.99. The Bertz CT molecular complexity index is 489. The van der Waals surface area contributed by atoms with Gasteiger partial charge < -0.3 is 5.32 Å². The van der Waals surface area contributed by atoms with Crippen LogP contribution in [0.2, 0.25) is 0 Å². The zero-order chi connectivity index (χ0) is 11.2. The van der Waals surface area contributed by atoms with Gasteiger partial charge >= 0.3 is 0 Å². The number of hydrogen-bond acceptors (Lipinski definition) is 2. The summed E-state index contributed by atoms with van der Waals surface area (Å²) >= 11 is 5.45. The van der Waals surface area contributed by atoms with Crippen LogP contribution in [0.5, 0.6) is 0 Å². The molecule has 0 aliphatic heterocycles. The highest BCUT2D eigenvalue weighted by atomic mass is 35.5. The van der Waals surface area contributed by atoms with Crippen LogP contribution in [0.1, 0.15) is 5.56 Å². The van der Waals surface area contributed by atoms with Gasteiger partial charge in [0.05, 0.1) is 5.52 Å². The molecule has 0 unspecified atom stereocenters. The summed E-state index contributed by atoms with van der Waals surface area (Å²) in [6.07, 6.45) is 3.70. The molecule has 2 nitrogen and oxygen atoms in total. The van der Waals surface area contributed by atoms with Crippen LogP contribution in [0, 0.1) is 0 Å². The van der Waals surface area contributed by atoms with Crippen LogP contribution < -0.4 is 5.32 Å². The van der Waals surface area contributed by atoms with Crippen molar-refractivity contribution in [3.63, 3.8) is 0 Å². The lowest BCUT2D eigenvalue weighted by Crippen LogP contribution is -2.13. The van der Waals surface area contributed by atoms with E-state index < -0.39 is 0 Å². The number of para-hydroxylation sites is 1. The fraction of sp³-hybridized carbons (Fsp3) is 0.154. The predicted molar refractivity (Wildman–Crippen MR) is 68.4 cm³/mol. The van der Waals surface area contributed by atoms with E-state index in [1.165, 1.54) is 16.5 Å². The molecule has 1 heterocycles. The van der Waals surface area contributed by atoms with E-state index in [1.54, 1.807) is 0 Å². The molecule has 0 spiro atoms. The summed E-state index contributed by atoms with van der Waals surface area (Å²) in [5.41, 5.74) is 3.79. The largest absolute Gasteiger partial charge is 0.309 e. The van der Waals surface area contributed by atoms with Crippen LogP contribution in [0.3, 0.4) is 0 Å². The summed E-state index contributed by atoms with van der Waals surface area (Å²) in [5.74, 6) is 0. The fourth-order valence-electron chi connectivity index (χ4n) is 1.64. The van der Waals surface area contributed by atoms with E-state index in [0.717, 1.165) is 18.6 Å². The Kier molecular flexibility index (Phi) is 3.91. The van der Waals surface area contributed by atoms with Crippen molar-refractivity contribution in [2.75, 3.05) is 6.54 Å². The van der Waals surface area contributed by atoms with Gasteiger partial charge in [0.15, 0.2) is 0 Å². The third kappa shape index (κ3) is 2.60. The van der Waals surface area contributed by atoms with Gasteiger partial charge in [-0.05, 0) is 11.6 Å². The molecule has 0 saturated carbocycles. The third-order valence-electron chi connectivity index (χ3n) is 2.38. The first-order valence-corrected chi connectivity index (χ1v) is 5.64. The van der Waals surface area contributed by atoms with Crippen molar-refractivity contribution >= 4 is 22.5 Å². The highest BCUT2D eigenvalue weighted by molar-refractivity contribution is 6.25. The molecule has 0 saturated heterocycles. The van der Waals surface area contributed by atoms with Gasteiger partial charge in [-0.3, -0.25) is 4.98 Å². The highest BCUT2D eigenvalue weighted by Crippen LogP contribution is 2.15. The summed E-state index contributed by atoms with van der Waals surface area (Å²) in [5, 5.41) is 4.46. The van der Waals surface area contributed by atoms with Crippen LogP contribution in [0.25, 0.3) is 10.9 Å². The molecule has 0 atom stereocenters. The molecule has 1 aromatic heterocycles. The van der Waals surface area contributed by atoms with E-state index in [2.05, 4.69) is 34.6 Å². The van der Waals surface area contributed by atoms with Gasteiger partial charge in [0.1, 0.15) is 0 Å². The van der Waals surface area contributed by atoms with Gasteiger partial charge in [0.2, 0.25) is 0 Å². The van der Waals surface area contributed by atoms with Crippen LogP contribution >= 0.6 is 11.6 Å². The number of nitrogens with zero attached hydrogens (tertiary/aromatic N) is 1. The lowest BCUT2D eigenvalue weighted by molar-refractivity contribution is 0.763. The Morgan fingerprint density at radius 3 is 3.00 bits per heavy atom. The van der Waals surface area contributed by atoms with Crippen molar-refractivity contribution in [3.05, 3.63) is 53.7 Å². The summed E-state index contributed by atoms with van der Waals surface area (Å²) in [6, 6.07) is 10.2. The molecule has 16 heavy (non-hydrogen) atoms. The second-order valence-corrected chi connectivity index (χ2v) is 3.74.